The summed E-state index contributed by atoms with van der Waals surface area (Å²) in [6.45, 7) is 2.24. The van der Waals surface area contributed by atoms with Gasteiger partial charge in [-0.1, -0.05) is 50.3 Å². The number of halogens is 2. The first-order chi connectivity index (χ1) is 9.17. The lowest BCUT2D eigenvalue weighted by Crippen LogP contribution is -2.33. The zero-order chi connectivity index (χ0) is 13.8. The van der Waals surface area contributed by atoms with Gasteiger partial charge in [0.15, 0.2) is 0 Å². The summed E-state index contributed by atoms with van der Waals surface area (Å²) in [6.07, 6.45) is 6.21. The van der Waals surface area contributed by atoms with Gasteiger partial charge in [-0.15, -0.1) is 0 Å². The lowest BCUT2D eigenvalue weighted by atomic mass is 9.72. The Balaban J connectivity index is 2.27. The molecule has 19 heavy (non-hydrogen) atoms. The van der Waals surface area contributed by atoms with E-state index in [1.54, 1.807) is 6.07 Å². The first kappa shape index (κ1) is 14.8. The fraction of sp³-hybridized carbons (Fsp3) is 0.625. The number of benzene rings is 1. The maximum absolute atomic E-state index is 14.1. The van der Waals surface area contributed by atoms with Crippen LogP contribution in [-0.2, 0) is 0 Å². The van der Waals surface area contributed by atoms with Gasteiger partial charge in [0.05, 0.1) is 0 Å². The number of hydrogen-bond acceptors (Lipinski definition) is 1. The van der Waals surface area contributed by atoms with Crippen molar-refractivity contribution in [2.24, 2.45) is 11.8 Å². The van der Waals surface area contributed by atoms with Gasteiger partial charge in [-0.05, 0) is 37.4 Å². The van der Waals surface area contributed by atoms with E-state index in [1.165, 1.54) is 38.2 Å². The van der Waals surface area contributed by atoms with Gasteiger partial charge in [0, 0.05) is 16.6 Å². The molecule has 3 heteroatoms. The highest BCUT2D eigenvalue weighted by molar-refractivity contribution is 6.30. The maximum Gasteiger partial charge on any atom is 0.129 e. The number of nitrogens with one attached hydrogen (secondary N) is 1. The van der Waals surface area contributed by atoms with Gasteiger partial charge in [0.1, 0.15) is 5.82 Å². The summed E-state index contributed by atoms with van der Waals surface area (Å²) >= 11 is 5.85. The molecule has 1 aromatic rings. The smallest absolute Gasteiger partial charge is 0.129 e. The molecule has 3 atom stereocenters. The molecule has 1 N–H and O–H groups in total. The molecule has 0 saturated heterocycles. The molecule has 1 aromatic carbocycles. The van der Waals surface area contributed by atoms with Crippen molar-refractivity contribution in [1.29, 1.82) is 0 Å². The molecular weight excluding hydrogens is 261 g/mol. The van der Waals surface area contributed by atoms with E-state index in [2.05, 4.69) is 12.2 Å². The van der Waals surface area contributed by atoms with E-state index in [4.69, 9.17) is 11.6 Å². The fourth-order valence-corrected chi connectivity index (χ4v) is 3.69. The predicted molar refractivity (Wildman–Crippen MR) is 78.9 cm³/mol. The molecule has 1 saturated carbocycles. The van der Waals surface area contributed by atoms with Crippen molar-refractivity contribution in [3.63, 3.8) is 0 Å². The second kappa shape index (κ2) is 6.71. The van der Waals surface area contributed by atoms with Crippen molar-refractivity contribution in [3.05, 3.63) is 34.6 Å². The second-order valence-corrected chi connectivity index (χ2v) is 5.99. The Hall–Kier alpha value is -0.600. The Bertz CT molecular complexity index is 421. The Kier molecular flexibility index (Phi) is 5.23. The third-order valence-electron chi connectivity index (χ3n) is 4.53. The Morgan fingerprint density at radius 3 is 2.74 bits per heavy atom. The number of rotatable bonds is 4. The summed E-state index contributed by atoms with van der Waals surface area (Å²) in [5, 5.41) is 3.79. The van der Waals surface area contributed by atoms with Crippen molar-refractivity contribution < 1.29 is 4.39 Å². The van der Waals surface area contributed by atoms with Crippen LogP contribution in [0.3, 0.4) is 0 Å². The van der Waals surface area contributed by atoms with E-state index in [9.17, 15) is 4.39 Å². The zero-order valence-corrected chi connectivity index (χ0v) is 12.5. The van der Waals surface area contributed by atoms with E-state index < -0.39 is 0 Å². The SMILES string of the molecule is CCC1CCCCC1C(NC)c1ccc(Cl)cc1F. The Labute approximate surface area is 120 Å². The molecule has 1 aliphatic rings. The van der Waals surface area contributed by atoms with Crippen LogP contribution in [0.4, 0.5) is 4.39 Å². The van der Waals surface area contributed by atoms with E-state index in [1.807, 2.05) is 13.1 Å². The van der Waals surface area contributed by atoms with Gasteiger partial charge in [0.25, 0.3) is 0 Å². The largest absolute Gasteiger partial charge is 0.313 e. The molecule has 106 valence electrons. The van der Waals surface area contributed by atoms with Crippen LogP contribution in [-0.4, -0.2) is 7.05 Å². The van der Waals surface area contributed by atoms with Crippen LogP contribution in [0.1, 0.15) is 50.6 Å². The van der Waals surface area contributed by atoms with Crippen molar-refractivity contribution in [2.45, 2.75) is 45.1 Å². The Morgan fingerprint density at radius 2 is 2.11 bits per heavy atom. The molecule has 0 heterocycles. The van der Waals surface area contributed by atoms with Crippen molar-refractivity contribution in [3.8, 4) is 0 Å². The summed E-state index contributed by atoms with van der Waals surface area (Å²) in [4.78, 5) is 0. The molecule has 1 fully saturated rings. The van der Waals surface area contributed by atoms with E-state index >= 15 is 0 Å². The molecule has 3 unspecified atom stereocenters. The van der Waals surface area contributed by atoms with Crippen LogP contribution >= 0.6 is 11.6 Å². The standard InChI is InChI=1S/C16H23ClFN/c1-3-11-6-4-5-7-13(11)16(19-2)14-9-8-12(17)10-15(14)18/h8-11,13,16,19H,3-7H2,1-2H3. The first-order valence-electron chi connectivity index (χ1n) is 7.29. The summed E-state index contributed by atoms with van der Waals surface area (Å²) in [7, 11) is 1.93. The van der Waals surface area contributed by atoms with E-state index in [0.717, 1.165) is 5.56 Å². The highest BCUT2D eigenvalue weighted by Crippen LogP contribution is 2.40. The second-order valence-electron chi connectivity index (χ2n) is 5.55. The molecule has 0 bridgehead atoms. The lowest BCUT2D eigenvalue weighted by molar-refractivity contribution is 0.178. The molecule has 1 nitrogen and oxygen atoms in total. The third-order valence-corrected chi connectivity index (χ3v) is 4.76. The lowest BCUT2D eigenvalue weighted by Gasteiger charge is -2.37. The fourth-order valence-electron chi connectivity index (χ4n) is 3.54. The minimum absolute atomic E-state index is 0.0996. The van der Waals surface area contributed by atoms with Crippen LogP contribution < -0.4 is 5.32 Å². The molecule has 1 aliphatic carbocycles. The van der Waals surface area contributed by atoms with Gasteiger partial charge in [-0.25, -0.2) is 4.39 Å². The molecule has 0 amide bonds. The average molecular weight is 284 g/mol. The predicted octanol–water partition coefficient (Wildman–Crippen LogP) is 4.96. The topological polar surface area (TPSA) is 12.0 Å². The van der Waals surface area contributed by atoms with Gasteiger partial charge >= 0.3 is 0 Å². The third kappa shape index (κ3) is 3.29. The van der Waals surface area contributed by atoms with E-state index in [0.29, 0.717) is 16.9 Å². The monoisotopic (exact) mass is 283 g/mol. The van der Waals surface area contributed by atoms with Crippen molar-refractivity contribution in [1.82, 2.24) is 5.32 Å². The van der Waals surface area contributed by atoms with Crippen molar-refractivity contribution in [2.75, 3.05) is 7.05 Å². The minimum atomic E-state index is -0.188. The highest BCUT2D eigenvalue weighted by Gasteiger charge is 2.32. The van der Waals surface area contributed by atoms with Crippen LogP contribution in [0.5, 0.6) is 0 Å². The molecule has 0 spiro atoms. The summed E-state index contributed by atoms with van der Waals surface area (Å²) in [5.74, 6) is 1.04. The summed E-state index contributed by atoms with van der Waals surface area (Å²) < 4.78 is 14.1. The van der Waals surface area contributed by atoms with Gasteiger partial charge in [0.2, 0.25) is 0 Å². The average Bonchev–Trinajstić information content (AvgIpc) is 2.42. The number of hydrogen-bond donors (Lipinski definition) is 1. The maximum atomic E-state index is 14.1. The van der Waals surface area contributed by atoms with Crippen LogP contribution in [0.25, 0.3) is 0 Å². The van der Waals surface area contributed by atoms with Crippen LogP contribution in [0.2, 0.25) is 5.02 Å². The molecule has 0 aromatic heterocycles. The Morgan fingerprint density at radius 1 is 1.37 bits per heavy atom. The minimum Gasteiger partial charge on any atom is -0.313 e. The normalized spacial score (nSPS) is 25.3. The van der Waals surface area contributed by atoms with Crippen LogP contribution in [0, 0.1) is 17.7 Å². The zero-order valence-electron chi connectivity index (χ0n) is 11.8. The molecule has 0 aliphatic heterocycles. The summed E-state index contributed by atoms with van der Waals surface area (Å²) in [6, 6.07) is 5.14. The quantitative estimate of drug-likeness (QED) is 0.824. The van der Waals surface area contributed by atoms with Gasteiger partial charge in [-0.2, -0.15) is 0 Å². The van der Waals surface area contributed by atoms with Crippen LogP contribution in [0.15, 0.2) is 18.2 Å². The van der Waals surface area contributed by atoms with Crippen molar-refractivity contribution >= 4 is 11.6 Å². The molecular formula is C16H23ClFN. The molecule has 0 radical (unpaired) electrons. The van der Waals surface area contributed by atoms with E-state index in [-0.39, 0.29) is 11.9 Å². The summed E-state index contributed by atoms with van der Waals surface area (Å²) in [5.41, 5.74) is 0.761. The van der Waals surface area contributed by atoms with Gasteiger partial charge in [-0.3, -0.25) is 0 Å². The van der Waals surface area contributed by atoms with Gasteiger partial charge < -0.3 is 5.32 Å². The highest BCUT2D eigenvalue weighted by atomic mass is 35.5. The molecule has 2 rings (SSSR count). The first-order valence-corrected chi connectivity index (χ1v) is 7.67.